The lowest BCUT2D eigenvalue weighted by Crippen LogP contribution is -2.44. The lowest BCUT2D eigenvalue weighted by atomic mass is 9.95. The number of primary amides is 1. The lowest BCUT2D eigenvalue weighted by molar-refractivity contribution is -0.138. The zero-order valence-electron chi connectivity index (χ0n) is 15.5. The van der Waals surface area contributed by atoms with Gasteiger partial charge in [0.15, 0.2) is 0 Å². The number of amides is 3. The van der Waals surface area contributed by atoms with Gasteiger partial charge in [-0.2, -0.15) is 0 Å². The van der Waals surface area contributed by atoms with E-state index in [1.807, 2.05) is 18.2 Å². The van der Waals surface area contributed by atoms with Crippen LogP contribution in [0.1, 0.15) is 44.6 Å². The van der Waals surface area contributed by atoms with Crippen LogP contribution in [0.3, 0.4) is 0 Å². The van der Waals surface area contributed by atoms with Crippen LogP contribution in [-0.4, -0.2) is 42.3 Å². The van der Waals surface area contributed by atoms with Crippen LogP contribution in [0.15, 0.2) is 24.3 Å². The highest BCUT2D eigenvalue weighted by molar-refractivity contribution is 6.00. The molecule has 0 spiro atoms. The second-order valence-corrected chi connectivity index (χ2v) is 7.66. The molecule has 2 fully saturated rings. The van der Waals surface area contributed by atoms with Crippen molar-refractivity contribution in [2.24, 2.45) is 17.6 Å². The van der Waals surface area contributed by atoms with E-state index in [1.54, 1.807) is 9.80 Å². The van der Waals surface area contributed by atoms with Gasteiger partial charge in [0.1, 0.15) is 0 Å². The molecule has 2 N–H and O–H groups in total. The fourth-order valence-corrected chi connectivity index (χ4v) is 3.82. The molecule has 140 valence electrons. The normalized spacial score (nSPS) is 21.5. The minimum atomic E-state index is -0.310. The topological polar surface area (TPSA) is 83.7 Å². The van der Waals surface area contributed by atoms with E-state index >= 15 is 0 Å². The van der Waals surface area contributed by atoms with E-state index in [0.717, 1.165) is 5.69 Å². The molecule has 6 heteroatoms. The summed E-state index contributed by atoms with van der Waals surface area (Å²) in [6, 6.07) is 7.98. The van der Waals surface area contributed by atoms with Gasteiger partial charge in [0.25, 0.3) is 0 Å². The van der Waals surface area contributed by atoms with Crippen molar-refractivity contribution in [3.63, 3.8) is 0 Å². The van der Waals surface area contributed by atoms with Crippen molar-refractivity contribution in [3.8, 4) is 0 Å². The Morgan fingerprint density at radius 1 is 1.15 bits per heavy atom. The predicted molar refractivity (Wildman–Crippen MR) is 99.5 cm³/mol. The molecular formula is C20H27N3O3. The van der Waals surface area contributed by atoms with Gasteiger partial charge in [0.2, 0.25) is 17.7 Å². The maximum atomic E-state index is 12.8. The van der Waals surface area contributed by atoms with E-state index in [2.05, 4.69) is 19.9 Å². The summed E-state index contributed by atoms with van der Waals surface area (Å²) in [7, 11) is 0. The fourth-order valence-electron chi connectivity index (χ4n) is 3.82. The van der Waals surface area contributed by atoms with Gasteiger partial charge in [-0.1, -0.05) is 26.0 Å². The molecule has 6 nitrogen and oxygen atoms in total. The Morgan fingerprint density at radius 3 is 2.46 bits per heavy atom. The number of anilines is 1. The SMILES string of the molecule is CC(C)c1cccc(N2C[C@@H](C(=O)N3CCC(C(N)=O)CC3)CC2=O)c1. The summed E-state index contributed by atoms with van der Waals surface area (Å²) in [5, 5.41) is 0. The van der Waals surface area contributed by atoms with Gasteiger partial charge in [-0.3, -0.25) is 14.4 Å². The van der Waals surface area contributed by atoms with Crippen molar-refractivity contribution in [2.45, 2.75) is 39.0 Å². The van der Waals surface area contributed by atoms with Crippen molar-refractivity contribution in [3.05, 3.63) is 29.8 Å². The Kier molecular flexibility index (Phi) is 5.30. The highest BCUT2D eigenvalue weighted by Crippen LogP contribution is 2.29. The van der Waals surface area contributed by atoms with E-state index in [-0.39, 0.29) is 36.0 Å². The van der Waals surface area contributed by atoms with Crippen LogP contribution in [-0.2, 0) is 14.4 Å². The minimum absolute atomic E-state index is 0.00345. The van der Waals surface area contributed by atoms with Crippen molar-refractivity contribution >= 4 is 23.4 Å². The number of likely N-dealkylation sites (tertiary alicyclic amines) is 1. The van der Waals surface area contributed by atoms with Crippen LogP contribution in [0.4, 0.5) is 5.69 Å². The summed E-state index contributed by atoms with van der Waals surface area (Å²) in [4.78, 5) is 40.1. The Labute approximate surface area is 154 Å². The molecule has 26 heavy (non-hydrogen) atoms. The van der Waals surface area contributed by atoms with E-state index in [4.69, 9.17) is 5.73 Å². The maximum Gasteiger partial charge on any atom is 0.228 e. The van der Waals surface area contributed by atoms with Gasteiger partial charge in [-0.05, 0) is 36.5 Å². The van der Waals surface area contributed by atoms with Crippen LogP contribution in [0.2, 0.25) is 0 Å². The zero-order valence-corrected chi connectivity index (χ0v) is 15.5. The second kappa shape index (κ2) is 7.48. The molecule has 1 aromatic rings. The molecular weight excluding hydrogens is 330 g/mol. The molecule has 3 amide bonds. The highest BCUT2D eigenvalue weighted by Gasteiger charge is 2.38. The van der Waals surface area contributed by atoms with E-state index < -0.39 is 0 Å². The summed E-state index contributed by atoms with van der Waals surface area (Å²) in [6.07, 6.45) is 1.48. The van der Waals surface area contributed by atoms with Gasteiger partial charge in [0, 0.05) is 37.7 Å². The number of nitrogens with zero attached hydrogens (tertiary/aromatic N) is 2. The molecule has 2 aliphatic rings. The first-order valence-electron chi connectivity index (χ1n) is 9.35. The van der Waals surface area contributed by atoms with Gasteiger partial charge >= 0.3 is 0 Å². The predicted octanol–water partition coefficient (Wildman–Crippen LogP) is 1.89. The van der Waals surface area contributed by atoms with Crippen LogP contribution in [0, 0.1) is 11.8 Å². The zero-order chi connectivity index (χ0) is 18.8. The standard InChI is InChI=1S/C20H27N3O3/c1-13(2)15-4-3-5-17(10-15)23-12-16(11-18(23)24)20(26)22-8-6-14(7-9-22)19(21)25/h3-5,10,13-14,16H,6-9,11-12H2,1-2H3,(H2,21,25)/t16-/m0/s1. The van der Waals surface area contributed by atoms with E-state index in [9.17, 15) is 14.4 Å². The Hall–Kier alpha value is -2.37. The minimum Gasteiger partial charge on any atom is -0.369 e. The summed E-state index contributed by atoms with van der Waals surface area (Å²) >= 11 is 0. The first kappa shape index (κ1) is 18.4. The number of hydrogen-bond donors (Lipinski definition) is 1. The second-order valence-electron chi connectivity index (χ2n) is 7.66. The number of piperidine rings is 1. The van der Waals surface area contributed by atoms with Crippen molar-refractivity contribution < 1.29 is 14.4 Å². The molecule has 1 aromatic carbocycles. The maximum absolute atomic E-state index is 12.8. The van der Waals surface area contributed by atoms with Crippen LogP contribution in [0.25, 0.3) is 0 Å². The molecule has 0 aromatic heterocycles. The van der Waals surface area contributed by atoms with Gasteiger partial charge in [-0.15, -0.1) is 0 Å². The molecule has 2 heterocycles. The van der Waals surface area contributed by atoms with Crippen LogP contribution < -0.4 is 10.6 Å². The van der Waals surface area contributed by atoms with E-state index in [0.29, 0.717) is 38.4 Å². The Balaban J connectivity index is 1.65. The average Bonchev–Trinajstić information content (AvgIpc) is 3.03. The molecule has 0 radical (unpaired) electrons. The molecule has 0 unspecified atom stereocenters. The van der Waals surface area contributed by atoms with Gasteiger partial charge in [-0.25, -0.2) is 0 Å². The molecule has 3 rings (SSSR count). The van der Waals surface area contributed by atoms with Gasteiger partial charge < -0.3 is 15.5 Å². The number of rotatable bonds is 4. The van der Waals surface area contributed by atoms with Crippen molar-refractivity contribution in [1.82, 2.24) is 4.90 Å². The third-order valence-corrected chi connectivity index (χ3v) is 5.53. The van der Waals surface area contributed by atoms with Crippen molar-refractivity contribution in [1.29, 1.82) is 0 Å². The number of nitrogens with two attached hydrogens (primary N) is 1. The molecule has 2 aliphatic heterocycles. The number of carbonyl (C=O) groups excluding carboxylic acids is 3. The molecule has 2 saturated heterocycles. The van der Waals surface area contributed by atoms with E-state index in [1.165, 1.54) is 5.56 Å². The molecule has 0 bridgehead atoms. The lowest BCUT2D eigenvalue weighted by Gasteiger charge is -2.32. The first-order valence-corrected chi connectivity index (χ1v) is 9.35. The Bertz CT molecular complexity index is 708. The summed E-state index contributed by atoms with van der Waals surface area (Å²) in [5.74, 6) is -0.337. The fraction of sp³-hybridized carbons (Fsp3) is 0.550. The summed E-state index contributed by atoms with van der Waals surface area (Å²) in [6.45, 7) is 5.74. The van der Waals surface area contributed by atoms with Gasteiger partial charge in [0.05, 0.1) is 5.92 Å². The van der Waals surface area contributed by atoms with Crippen LogP contribution >= 0.6 is 0 Å². The highest BCUT2D eigenvalue weighted by atomic mass is 16.2. The first-order chi connectivity index (χ1) is 12.4. The average molecular weight is 357 g/mol. The third kappa shape index (κ3) is 3.74. The largest absolute Gasteiger partial charge is 0.369 e. The van der Waals surface area contributed by atoms with Crippen molar-refractivity contribution in [2.75, 3.05) is 24.5 Å². The number of carbonyl (C=O) groups is 3. The number of hydrogen-bond acceptors (Lipinski definition) is 3. The molecule has 0 saturated carbocycles. The quantitative estimate of drug-likeness (QED) is 0.893. The molecule has 0 aliphatic carbocycles. The smallest absolute Gasteiger partial charge is 0.228 e. The summed E-state index contributed by atoms with van der Waals surface area (Å²) < 4.78 is 0. The molecule has 1 atom stereocenters. The van der Waals surface area contributed by atoms with Crippen LogP contribution in [0.5, 0.6) is 0 Å². The third-order valence-electron chi connectivity index (χ3n) is 5.53. The summed E-state index contributed by atoms with van der Waals surface area (Å²) in [5.41, 5.74) is 7.40. The number of benzene rings is 1. The monoisotopic (exact) mass is 357 g/mol. The Morgan fingerprint density at radius 2 is 1.85 bits per heavy atom.